The zero-order valence-electron chi connectivity index (χ0n) is 19.4. The number of para-hydroxylation sites is 1. The summed E-state index contributed by atoms with van der Waals surface area (Å²) in [4.78, 5) is 16.5. The number of carbonyl (C=O) groups is 1. The topological polar surface area (TPSA) is 38.8 Å². The van der Waals surface area contributed by atoms with Gasteiger partial charge in [0.05, 0.1) is 19.8 Å². The van der Waals surface area contributed by atoms with Gasteiger partial charge in [0.15, 0.2) is 0 Å². The minimum absolute atomic E-state index is 0.130. The van der Waals surface area contributed by atoms with E-state index in [4.69, 9.17) is 9.47 Å². The molecule has 7 rings (SSSR count). The van der Waals surface area contributed by atoms with Gasteiger partial charge >= 0.3 is 0 Å². The highest BCUT2D eigenvalue weighted by Gasteiger charge is 2.54. The molecule has 0 aromatic heterocycles. The van der Waals surface area contributed by atoms with Crippen LogP contribution in [0.25, 0.3) is 11.1 Å². The molecule has 0 saturated heterocycles. The van der Waals surface area contributed by atoms with Gasteiger partial charge in [0, 0.05) is 30.2 Å². The van der Waals surface area contributed by atoms with Crippen molar-refractivity contribution in [3.8, 4) is 22.6 Å². The molecule has 3 aliphatic rings. The molecule has 1 amide bonds. The standard InChI is InChI=1S/C31H25NO3/c33-30-31(15-17-35-29-19-28-22(14-16-34-28)18-26(29)31)25-12-6-7-13-27(25)32(30)20-23-10-4-5-11-24(23)21-8-2-1-3-9-21/h1-13,18-19H,14-17,20H2. The Morgan fingerprint density at radius 3 is 2.46 bits per heavy atom. The van der Waals surface area contributed by atoms with Crippen molar-refractivity contribution in [3.05, 3.63) is 113 Å². The number of benzene rings is 4. The third kappa shape index (κ3) is 2.96. The first-order chi connectivity index (χ1) is 17.3. The van der Waals surface area contributed by atoms with Crippen LogP contribution in [-0.2, 0) is 23.2 Å². The highest BCUT2D eigenvalue weighted by atomic mass is 16.5. The van der Waals surface area contributed by atoms with Gasteiger partial charge in [-0.1, -0.05) is 72.8 Å². The van der Waals surface area contributed by atoms with Gasteiger partial charge in [-0.15, -0.1) is 0 Å². The molecule has 1 unspecified atom stereocenters. The van der Waals surface area contributed by atoms with Crippen molar-refractivity contribution in [1.82, 2.24) is 0 Å². The lowest BCUT2D eigenvalue weighted by molar-refractivity contribution is -0.122. The van der Waals surface area contributed by atoms with E-state index in [0.29, 0.717) is 26.2 Å². The molecule has 172 valence electrons. The minimum Gasteiger partial charge on any atom is -0.493 e. The third-order valence-corrected chi connectivity index (χ3v) is 7.68. The number of hydrogen-bond donors (Lipinski definition) is 0. The van der Waals surface area contributed by atoms with Crippen LogP contribution in [0.2, 0.25) is 0 Å². The number of carbonyl (C=O) groups excluding carboxylic acids is 1. The first kappa shape index (κ1) is 20.3. The molecule has 1 spiro atoms. The van der Waals surface area contributed by atoms with Gasteiger partial charge in [0.1, 0.15) is 16.9 Å². The summed E-state index contributed by atoms with van der Waals surface area (Å²) in [5.41, 5.74) is 6.91. The summed E-state index contributed by atoms with van der Waals surface area (Å²) in [6, 6.07) is 31.2. The molecule has 3 heterocycles. The summed E-state index contributed by atoms with van der Waals surface area (Å²) >= 11 is 0. The van der Waals surface area contributed by atoms with Gasteiger partial charge in [-0.05, 0) is 39.9 Å². The van der Waals surface area contributed by atoms with Crippen LogP contribution < -0.4 is 14.4 Å². The summed E-state index contributed by atoms with van der Waals surface area (Å²) in [6.45, 7) is 1.70. The van der Waals surface area contributed by atoms with Crippen LogP contribution in [0.1, 0.15) is 28.7 Å². The second-order valence-corrected chi connectivity index (χ2v) is 9.49. The zero-order valence-corrected chi connectivity index (χ0v) is 19.4. The largest absolute Gasteiger partial charge is 0.493 e. The number of nitrogens with zero attached hydrogens (tertiary/aromatic N) is 1. The summed E-state index contributed by atoms with van der Waals surface area (Å²) in [5, 5.41) is 0. The van der Waals surface area contributed by atoms with E-state index >= 15 is 0 Å². The van der Waals surface area contributed by atoms with Crippen molar-refractivity contribution in [2.45, 2.75) is 24.8 Å². The highest BCUT2D eigenvalue weighted by Crippen LogP contribution is 2.54. The SMILES string of the molecule is O=C1N(Cc2ccccc2-c2ccccc2)c2ccccc2C12CCOc1cc3c(cc12)CCO3. The van der Waals surface area contributed by atoms with E-state index < -0.39 is 5.41 Å². The molecule has 3 aliphatic heterocycles. The lowest BCUT2D eigenvalue weighted by atomic mass is 9.71. The van der Waals surface area contributed by atoms with Gasteiger partial charge in [-0.3, -0.25) is 4.79 Å². The highest BCUT2D eigenvalue weighted by molar-refractivity contribution is 6.11. The maximum absolute atomic E-state index is 14.5. The van der Waals surface area contributed by atoms with Crippen LogP contribution in [0.15, 0.2) is 91.0 Å². The van der Waals surface area contributed by atoms with Crippen LogP contribution in [0.3, 0.4) is 0 Å². The maximum Gasteiger partial charge on any atom is 0.242 e. The Bertz CT molecular complexity index is 1460. The molecule has 1 atom stereocenters. The summed E-state index contributed by atoms with van der Waals surface area (Å²) in [5.74, 6) is 1.78. The Hall–Kier alpha value is -4.05. The predicted octanol–water partition coefficient (Wildman–Crippen LogP) is 5.90. The molecule has 4 heteroatoms. The van der Waals surface area contributed by atoms with Gasteiger partial charge in [0.2, 0.25) is 5.91 Å². The predicted molar refractivity (Wildman–Crippen MR) is 136 cm³/mol. The van der Waals surface area contributed by atoms with Gasteiger partial charge < -0.3 is 14.4 Å². The van der Waals surface area contributed by atoms with Crippen LogP contribution in [0, 0.1) is 0 Å². The second kappa shape index (κ2) is 7.74. The fraction of sp³-hybridized carbons (Fsp3) is 0.194. The van der Waals surface area contributed by atoms with Crippen molar-refractivity contribution in [2.24, 2.45) is 0 Å². The van der Waals surface area contributed by atoms with Crippen molar-refractivity contribution in [2.75, 3.05) is 18.1 Å². The summed E-state index contributed by atoms with van der Waals surface area (Å²) in [7, 11) is 0. The zero-order chi connectivity index (χ0) is 23.4. The van der Waals surface area contributed by atoms with E-state index in [1.807, 2.05) is 29.2 Å². The fourth-order valence-electron chi connectivity index (χ4n) is 6.02. The molecular formula is C31H25NO3. The molecule has 4 nitrogen and oxygen atoms in total. The average molecular weight is 460 g/mol. The molecule has 0 saturated carbocycles. The van der Waals surface area contributed by atoms with Crippen LogP contribution >= 0.6 is 0 Å². The van der Waals surface area contributed by atoms with Crippen LogP contribution in [0.4, 0.5) is 5.69 Å². The molecule has 4 aromatic carbocycles. The number of ether oxygens (including phenoxy) is 2. The van der Waals surface area contributed by atoms with Crippen molar-refractivity contribution >= 4 is 11.6 Å². The molecule has 35 heavy (non-hydrogen) atoms. The second-order valence-electron chi connectivity index (χ2n) is 9.49. The molecule has 4 aromatic rings. The summed E-state index contributed by atoms with van der Waals surface area (Å²) < 4.78 is 11.9. The van der Waals surface area contributed by atoms with E-state index in [2.05, 4.69) is 66.7 Å². The Morgan fingerprint density at radius 2 is 1.54 bits per heavy atom. The van der Waals surface area contributed by atoms with Gasteiger partial charge in [0.25, 0.3) is 0 Å². The van der Waals surface area contributed by atoms with Crippen molar-refractivity contribution in [1.29, 1.82) is 0 Å². The van der Waals surface area contributed by atoms with Crippen molar-refractivity contribution < 1.29 is 14.3 Å². The fourth-order valence-corrected chi connectivity index (χ4v) is 6.02. The Morgan fingerprint density at radius 1 is 0.771 bits per heavy atom. The molecule has 0 bridgehead atoms. The molecule has 0 fully saturated rings. The smallest absolute Gasteiger partial charge is 0.242 e. The van der Waals surface area contributed by atoms with Gasteiger partial charge in [-0.2, -0.15) is 0 Å². The Labute approximate surface area is 204 Å². The first-order valence-electron chi connectivity index (χ1n) is 12.2. The lowest BCUT2D eigenvalue weighted by Crippen LogP contribution is -2.44. The number of rotatable bonds is 3. The van der Waals surface area contributed by atoms with Crippen molar-refractivity contribution in [3.63, 3.8) is 0 Å². The van der Waals surface area contributed by atoms with Crippen LogP contribution in [0.5, 0.6) is 11.5 Å². The lowest BCUT2D eigenvalue weighted by Gasteiger charge is -2.35. The molecule has 0 N–H and O–H groups in total. The first-order valence-corrected chi connectivity index (χ1v) is 12.2. The Balaban J connectivity index is 1.37. The molecular weight excluding hydrogens is 434 g/mol. The maximum atomic E-state index is 14.5. The Kier molecular flexibility index (Phi) is 4.50. The van der Waals surface area contributed by atoms with Gasteiger partial charge in [-0.25, -0.2) is 0 Å². The normalized spacial score (nSPS) is 19.7. The molecule has 0 radical (unpaired) electrons. The number of anilines is 1. The van der Waals surface area contributed by atoms with E-state index in [1.165, 1.54) is 0 Å². The average Bonchev–Trinajstić information content (AvgIpc) is 3.46. The summed E-state index contributed by atoms with van der Waals surface area (Å²) in [6.07, 6.45) is 1.50. The minimum atomic E-state index is -0.733. The van der Waals surface area contributed by atoms with Crippen LogP contribution in [-0.4, -0.2) is 19.1 Å². The molecule has 0 aliphatic carbocycles. The quantitative estimate of drug-likeness (QED) is 0.383. The third-order valence-electron chi connectivity index (χ3n) is 7.68. The van der Waals surface area contributed by atoms with E-state index in [9.17, 15) is 4.79 Å². The number of fused-ring (bicyclic) bond motifs is 5. The number of amides is 1. The monoisotopic (exact) mass is 459 g/mol. The number of hydrogen-bond acceptors (Lipinski definition) is 3. The van der Waals surface area contributed by atoms with E-state index in [-0.39, 0.29) is 5.91 Å². The van der Waals surface area contributed by atoms with E-state index in [0.717, 1.165) is 57.0 Å². The van der Waals surface area contributed by atoms with E-state index in [1.54, 1.807) is 0 Å².